The van der Waals surface area contributed by atoms with Gasteiger partial charge >= 0.3 is 0 Å². The lowest BCUT2D eigenvalue weighted by molar-refractivity contribution is 0.0511. The van der Waals surface area contributed by atoms with E-state index >= 15 is 0 Å². The van der Waals surface area contributed by atoms with E-state index in [-0.39, 0.29) is 23.6 Å². The Morgan fingerprint density at radius 2 is 1.91 bits per heavy atom. The highest BCUT2D eigenvalue weighted by Gasteiger charge is 2.29. The van der Waals surface area contributed by atoms with Gasteiger partial charge in [-0.2, -0.15) is 0 Å². The van der Waals surface area contributed by atoms with Crippen LogP contribution in [0.2, 0.25) is 0 Å². The van der Waals surface area contributed by atoms with Crippen LogP contribution < -0.4 is 5.32 Å². The molecule has 1 atom stereocenters. The lowest BCUT2D eigenvalue weighted by Crippen LogP contribution is -2.38. The Bertz CT molecular complexity index is 704. The Kier molecular flexibility index (Phi) is 4.39. The van der Waals surface area contributed by atoms with Crippen molar-refractivity contribution in [2.45, 2.75) is 52.6 Å². The highest BCUT2D eigenvalue weighted by atomic mass is 16.5. The van der Waals surface area contributed by atoms with Crippen LogP contribution in [-0.4, -0.2) is 22.7 Å². The van der Waals surface area contributed by atoms with Gasteiger partial charge in [0.1, 0.15) is 22.9 Å². The second-order valence-electron chi connectivity index (χ2n) is 7.11. The number of hydrogen-bond donors (Lipinski definition) is 2. The molecule has 1 unspecified atom stereocenters. The highest BCUT2D eigenvalue weighted by molar-refractivity contribution is 5.92. The summed E-state index contributed by atoms with van der Waals surface area (Å²) in [6.07, 6.45) is 0. The predicted molar refractivity (Wildman–Crippen MR) is 85.3 cm³/mol. The summed E-state index contributed by atoms with van der Waals surface area (Å²) in [6.45, 7) is 11.2. The number of furan rings is 1. The maximum Gasteiger partial charge on any atom is 0.273 e. The molecular formula is C17H24N2O4. The quantitative estimate of drug-likeness (QED) is 0.904. The highest BCUT2D eigenvalue weighted by Crippen LogP contribution is 2.26. The molecular weight excluding hydrogens is 296 g/mol. The molecule has 1 amide bonds. The van der Waals surface area contributed by atoms with E-state index in [9.17, 15) is 9.90 Å². The molecule has 2 heterocycles. The van der Waals surface area contributed by atoms with Gasteiger partial charge in [0.25, 0.3) is 5.91 Å². The summed E-state index contributed by atoms with van der Waals surface area (Å²) in [6, 6.07) is 3.40. The second-order valence-corrected chi connectivity index (χ2v) is 7.11. The largest absolute Gasteiger partial charge is 0.466 e. The Morgan fingerprint density at radius 3 is 2.39 bits per heavy atom. The van der Waals surface area contributed by atoms with Crippen molar-refractivity contribution >= 4 is 5.91 Å². The number of amides is 1. The number of rotatable bonds is 4. The van der Waals surface area contributed by atoms with Gasteiger partial charge in [-0.1, -0.05) is 25.9 Å². The molecule has 0 bridgehead atoms. The molecule has 2 aromatic heterocycles. The first kappa shape index (κ1) is 17.3. The fourth-order valence-electron chi connectivity index (χ4n) is 2.34. The van der Waals surface area contributed by atoms with Crippen molar-refractivity contribution in [3.8, 4) is 0 Å². The smallest absolute Gasteiger partial charge is 0.273 e. The average molecular weight is 320 g/mol. The molecule has 0 saturated carbocycles. The fourth-order valence-corrected chi connectivity index (χ4v) is 2.34. The van der Waals surface area contributed by atoms with Gasteiger partial charge in [0.15, 0.2) is 5.69 Å². The van der Waals surface area contributed by atoms with Crippen LogP contribution in [-0.2, 0) is 11.0 Å². The Hall–Kier alpha value is -2.08. The third kappa shape index (κ3) is 3.82. The monoisotopic (exact) mass is 320 g/mol. The maximum atomic E-state index is 12.2. The third-order valence-electron chi connectivity index (χ3n) is 3.70. The van der Waals surface area contributed by atoms with Crippen molar-refractivity contribution in [2.24, 2.45) is 0 Å². The van der Waals surface area contributed by atoms with Crippen LogP contribution in [0.4, 0.5) is 0 Å². The standard InChI is InChI=1S/C17H24N2O4/c1-10-7-12(11(2)22-10)17(6,21)9-18-15(20)13-8-14(23-19-13)16(3,4)5/h7-8,21H,9H2,1-6H3,(H,18,20). The van der Waals surface area contributed by atoms with Crippen LogP contribution in [0, 0.1) is 13.8 Å². The van der Waals surface area contributed by atoms with Crippen LogP contribution in [0.25, 0.3) is 0 Å². The van der Waals surface area contributed by atoms with Crippen molar-refractivity contribution in [3.63, 3.8) is 0 Å². The summed E-state index contributed by atoms with van der Waals surface area (Å²) >= 11 is 0. The number of aliphatic hydroxyl groups is 1. The number of nitrogens with zero attached hydrogens (tertiary/aromatic N) is 1. The molecule has 126 valence electrons. The fraction of sp³-hybridized carbons (Fsp3) is 0.529. The molecule has 2 N–H and O–H groups in total. The second kappa shape index (κ2) is 5.85. The zero-order valence-electron chi connectivity index (χ0n) is 14.5. The van der Waals surface area contributed by atoms with Gasteiger partial charge in [0.05, 0.1) is 6.54 Å². The van der Waals surface area contributed by atoms with E-state index in [2.05, 4.69) is 10.5 Å². The molecule has 6 nitrogen and oxygen atoms in total. The molecule has 0 aromatic carbocycles. The molecule has 2 aromatic rings. The first-order valence-corrected chi connectivity index (χ1v) is 7.56. The predicted octanol–water partition coefficient (Wildman–Crippen LogP) is 2.82. The van der Waals surface area contributed by atoms with Gasteiger partial charge in [0, 0.05) is 17.0 Å². The number of carbonyl (C=O) groups is 1. The molecule has 0 fully saturated rings. The van der Waals surface area contributed by atoms with Crippen molar-refractivity contribution in [2.75, 3.05) is 6.54 Å². The molecule has 0 spiro atoms. The van der Waals surface area contributed by atoms with E-state index in [4.69, 9.17) is 8.94 Å². The van der Waals surface area contributed by atoms with Gasteiger partial charge in [-0.3, -0.25) is 4.79 Å². The molecule has 23 heavy (non-hydrogen) atoms. The van der Waals surface area contributed by atoms with Gasteiger partial charge < -0.3 is 19.4 Å². The summed E-state index contributed by atoms with van der Waals surface area (Å²) in [5, 5.41) is 17.1. The average Bonchev–Trinajstić information content (AvgIpc) is 3.02. The molecule has 2 rings (SSSR count). The Balaban J connectivity index is 2.06. The molecule has 0 aliphatic rings. The van der Waals surface area contributed by atoms with Crippen molar-refractivity contribution in [1.82, 2.24) is 10.5 Å². The number of aryl methyl sites for hydroxylation is 2. The van der Waals surface area contributed by atoms with E-state index in [1.165, 1.54) is 0 Å². The zero-order valence-corrected chi connectivity index (χ0v) is 14.5. The van der Waals surface area contributed by atoms with E-state index in [0.29, 0.717) is 17.1 Å². The minimum Gasteiger partial charge on any atom is -0.466 e. The van der Waals surface area contributed by atoms with Crippen LogP contribution in [0.15, 0.2) is 21.1 Å². The summed E-state index contributed by atoms with van der Waals surface area (Å²) in [5.41, 5.74) is -0.590. The first-order valence-electron chi connectivity index (χ1n) is 7.56. The Morgan fingerprint density at radius 1 is 1.26 bits per heavy atom. The minimum absolute atomic E-state index is 0.0450. The zero-order chi connectivity index (χ0) is 17.4. The van der Waals surface area contributed by atoms with Crippen LogP contribution in [0.3, 0.4) is 0 Å². The number of carbonyl (C=O) groups excluding carboxylic acids is 1. The van der Waals surface area contributed by atoms with Crippen molar-refractivity contribution in [1.29, 1.82) is 0 Å². The summed E-state index contributed by atoms with van der Waals surface area (Å²) in [7, 11) is 0. The molecule has 6 heteroatoms. The van der Waals surface area contributed by atoms with Crippen LogP contribution >= 0.6 is 0 Å². The summed E-state index contributed by atoms with van der Waals surface area (Å²) in [4.78, 5) is 12.2. The maximum absolute atomic E-state index is 12.2. The lowest BCUT2D eigenvalue weighted by Gasteiger charge is -2.23. The van der Waals surface area contributed by atoms with Gasteiger partial charge in [-0.15, -0.1) is 0 Å². The SMILES string of the molecule is Cc1cc(C(C)(O)CNC(=O)c2cc(C(C)(C)C)on2)c(C)o1. The van der Waals surface area contributed by atoms with Gasteiger partial charge in [0.2, 0.25) is 0 Å². The topological polar surface area (TPSA) is 88.5 Å². The lowest BCUT2D eigenvalue weighted by atomic mass is 9.93. The number of aromatic nitrogens is 1. The van der Waals surface area contributed by atoms with E-state index in [0.717, 1.165) is 5.76 Å². The van der Waals surface area contributed by atoms with Crippen molar-refractivity contribution in [3.05, 3.63) is 40.7 Å². The van der Waals surface area contributed by atoms with Crippen molar-refractivity contribution < 1.29 is 18.8 Å². The summed E-state index contributed by atoms with van der Waals surface area (Å²) < 4.78 is 10.6. The first-order chi connectivity index (χ1) is 10.5. The summed E-state index contributed by atoms with van der Waals surface area (Å²) in [5.74, 6) is 1.60. The Labute approximate surface area is 135 Å². The molecule has 0 aliphatic carbocycles. The minimum atomic E-state index is -1.23. The van der Waals surface area contributed by atoms with E-state index in [1.807, 2.05) is 27.7 Å². The third-order valence-corrected chi connectivity index (χ3v) is 3.70. The van der Waals surface area contributed by atoms with Gasteiger partial charge in [-0.05, 0) is 26.8 Å². The number of nitrogens with one attached hydrogen (secondary N) is 1. The molecule has 0 saturated heterocycles. The molecule has 0 aliphatic heterocycles. The van der Waals surface area contributed by atoms with Gasteiger partial charge in [-0.25, -0.2) is 0 Å². The van der Waals surface area contributed by atoms with E-state index in [1.54, 1.807) is 26.0 Å². The van der Waals surface area contributed by atoms with E-state index < -0.39 is 5.60 Å². The normalized spacial score (nSPS) is 14.6. The van der Waals surface area contributed by atoms with Crippen LogP contribution in [0.5, 0.6) is 0 Å². The molecule has 0 radical (unpaired) electrons. The number of hydrogen-bond acceptors (Lipinski definition) is 5. The van der Waals surface area contributed by atoms with Crippen LogP contribution in [0.1, 0.15) is 61.0 Å².